The molecule has 1 aromatic carbocycles. The zero-order valence-electron chi connectivity index (χ0n) is 7.88. The average Bonchev–Trinajstić information content (AvgIpc) is 2.64. The Kier molecular flexibility index (Phi) is 2.42. The van der Waals surface area contributed by atoms with E-state index in [0.29, 0.717) is 16.5 Å². The third kappa shape index (κ3) is 1.71. The first-order valence-electron chi connectivity index (χ1n) is 4.10. The fourth-order valence-electron chi connectivity index (χ4n) is 1.19. The van der Waals surface area contributed by atoms with Crippen molar-refractivity contribution in [2.24, 2.45) is 0 Å². The number of hydrogen-bond acceptors (Lipinski definition) is 5. The highest BCUT2D eigenvalue weighted by molar-refractivity contribution is 6.30. The van der Waals surface area contributed by atoms with Crippen molar-refractivity contribution in [2.45, 2.75) is 0 Å². The molecule has 1 heterocycles. The number of rotatable bonds is 2. The number of nitrogens with two attached hydrogens (primary N) is 1. The van der Waals surface area contributed by atoms with Gasteiger partial charge in [0.1, 0.15) is 11.4 Å². The Hall–Kier alpha value is -1.82. The summed E-state index contributed by atoms with van der Waals surface area (Å²) in [4.78, 5) is 0. The second-order valence-corrected chi connectivity index (χ2v) is 3.20. The van der Waals surface area contributed by atoms with Crippen molar-refractivity contribution in [3.8, 4) is 11.4 Å². The van der Waals surface area contributed by atoms with Crippen LogP contribution in [0.3, 0.4) is 0 Å². The SMILES string of the molecule is COc1ccc(Cl)cc1-n1nnnc1N. The average molecular weight is 226 g/mol. The first-order chi connectivity index (χ1) is 7.22. The second-order valence-electron chi connectivity index (χ2n) is 2.77. The summed E-state index contributed by atoms with van der Waals surface area (Å²) in [5.41, 5.74) is 6.18. The molecule has 78 valence electrons. The molecule has 0 aliphatic carbocycles. The van der Waals surface area contributed by atoms with Crippen molar-refractivity contribution in [3.63, 3.8) is 0 Å². The fourth-order valence-corrected chi connectivity index (χ4v) is 1.36. The molecule has 0 amide bonds. The van der Waals surface area contributed by atoms with Gasteiger partial charge in [0.05, 0.1) is 7.11 Å². The van der Waals surface area contributed by atoms with E-state index in [1.54, 1.807) is 25.3 Å². The highest BCUT2D eigenvalue weighted by Gasteiger charge is 2.10. The molecule has 7 heteroatoms. The second kappa shape index (κ2) is 3.74. The van der Waals surface area contributed by atoms with Crippen LogP contribution in [0.25, 0.3) is 5.69 Å². The molecule has 0 radical (unpaired) electrons. The van der Waals surface area contributed by atoms with Gasteiger partial charge < -0.3 is 10.5 Å². The van der Waals surface area contributed by atoms with Crippen LogP contribution in [-0.2, 0) is 0 Å². The van der Waals surface area contributed by atoms with E-state index in [-0.39, 0.29) is 5.95 Å². The van der Waals surface area contributed by atoms with Gasteiger partial charge >= 0.3 is 0 Å². The van der Waals surface area contributed by atoms with Crippen molar-refractivity contribution in [3.05, 3.63) is 23.2 Å². The van der Waals surface area contributed by atoms with Crippen molar-refractivity contribution in [2.75, 3.05) is 12.8 Å². The van der Waals surface area contributed by atoms with Crippen molar-refractivity contribution < 1.29 is 4.74 Å². The zero-order valence-corrected chi connectivity index (χ0v) is 8.64. The van der Waals surface area contributed by atoms with Crippen molar-refractivity contribution in [1.82, 2.24) is 20.2 Å². The molecule has 0 aliphatic heterocycles. The fraction of sp³-hybridized carbons (Fsp3) is 0.125. The predicted octanol–water partition coefficient (Wildman–Crippen LogP) is 0.906. The largest absolute Gasteiger partial charge is 0.494 e. The van der Waals surface area contributed by atoms with E-state index in [9.17, 15) is 0 Å². The van der Waals surface area contributed by atoms with Gasteiger partial charge in [0.15, 0.2) is 0 Å². The standard InChI is InChI=1S/C8H8ClN5O/c1-15-7-3-2-5(9)4-6(7)14-8(10)11-12-13-14/h2-4H,1H3,(H2,10,11,13). The number of ether oxygens (including phenoxy) is 1. The Morgan fingerprint density at radius 1 is 1.47 bits per heavy atom. The first kappa shape index (κ1) is 9.72. The van der Waals surface area contributed by atoms with E-state index in [2.05, 4.69) is 15.5 Å². The molecule has 0 saturated carbocycles. The maximum absolute atomic E-state index is 5.86. The molecule has 0 saturated heterocycles. The molecular formula is C8H8ClN5O. The maximum atomic E-state index is 5.86. The minimum atomic E-state index is 0.176. The van der Waals surface area contributed by atoms with Gasteiger partial charge in [0.2, 0.25) is 5.95 Å². The Morgan fingerprint density at radius 3 is 2.87 bits per heavy atom. The van der Waals surface area contributed by atoms with Crippen LogP contribution in [0.2, 0.25) is 5.02 Å². The molecule has 0 spiro atoms. The van der Waals surface area contributed by atoms with Crippen molar-refractivity contribution >= 4 is 17.5 Å². The van der Waals surface area contributed by atoms with E-state index in [4.69, 9.17) is 22.1 Å². The highest BCUT2D eigenvalue weighted by atomic mass is 35.5. The summed E-state index contributed by atoms with van der Waals surface area (Å²) in [6.45, 7) is 0. The summed E-state index contributed by atoms with van der Waals surface area (Å²) >= 11 is 5.86. The normalized spacial score (nSPS) is 10.3. The van der Waals surface area contributed by atoms with Crippen molar-refractivity contribution in [1.29, 1.82) is 0 Å². The number of anilines is 1. The Bertz CT molecular complexity index is 484. The summed E-state index contributed by atoms with van der Waals surface area (Å²) in [6, 6.07) is 5.11. The number of benzene rings is 1. The van der Waals surface area contributed by atoms with Gasteiger partial charge in [0.25, 0.3) is 0 Å². The Morgan fingerprint density at radius 2 is 2.27 bits per heavy atom. The summed E-state index contributed by atoms with van der Waals surface area (Å²) in [5, 5.41) is 11.3. The summed E-state index contributed by atoms with van der Waals surface area (Å²) < 4.78 is 6.50. The first-order valence-corrected chi connectivity index (χ1v) is 4.48. The number of tetrazole rings is 1. The number of aromatic nitrogens is 4. The van der Waals surface area contributed by atoms with E-state index in [1.807, 2.05) is 0 Å². The molecule has 15 heavy (non-hydrogen) atoms. The molecule has 2 N–H and O–H groups in total. The lowest BCUT2D eigenvalue weighted by atomic mass is 10.3. The van der Waals surface area contributed by atoms with Crippen LogP contribution in [0.4, 0.5) is 5.95 Å². The van der Waals surface area contributed by atoms with Crippen LogP contribution in [0.15, 0.2) is 18.2 Å². The predicted molar refractivity (Wildman–Crippen MR) is 55.1 cm³/mol. The van der Waals surface area contributed by atoms with Gasteiger partial charge in [-0.3, -0.25) is 0 Å². The van der Waals surface area contributed by atoms with Crippen LogP contribution < -0.4 is 10.5 Å². The van der Waals surface area contributed by atoms with Gasteiger partial charge in [0, 0.05) is 5.02 Å². The summed E-state index contributed by atoms with van der Waals surface area (Å²) in [5.74, 6) is 0.772. The molecular weight excluding hydrogens is 218 g/mol. The van der Waals surface area contributed by atoms with Crippen LogP contribution in [0.5, 0.6) is 5.75 Å². The molecule has 0 bridgehead atoms. The smallest absolute Gasteiger partial charge is 0.245 e. The molecule has 2 aromatic rings. The zero-order chi connectivity index (χ0) is 10.8. The quantitative estimate of drug-likeness (QED) is 0.822. The lowest BCUT2D eigenvalue weighted by molar-refractivity contribution is 0.411. The molecule has 0 fully saturated rings. The van der Waals surface area contributed by atoms with Crippen LogP contribution >= 0.6 is 11.6 Å². The van der Waals surface area contributed by atoms with E-state index < -0.39 is 0 Å². The minimum Gasteiger partial charge on any atom is -0.494 e. The minimum absolute atomic E-state index is 0.176. The third-order valence-corrected chi connectivity index (χ3v) is 2.10. The molecule has 6 nitrogen and oxygen atoms in total. The topological polar surface area (TPSA) is 78.8 Å². The Balaban J connectivity index is 2.60. The number of nitrogens with zero attached hydrogens (tertiary/aromatic N) is 4. The summed E-state index contributed by atoms with van der Waals surface area (Å²) in [6.07, 6.45) is 0. The number of hydrogen-bond donors (Lipinski definition) is 1. The number of nitrogen functional groups attached to an aromatic ring is 1. The lowest BCUT2D eigenvalue weighted by Gasteiger charge is -2.08. The molecule has 2 rings (SSSR count). The van der Waals surface area contributed by atoms with E-state index in [1.165, 1.54) is 4.68 Å². The van der Waals surface area contributed by atoms with Crippen LogP contribution in [-0.4, -0.2) is 27.3 Å². The van der Waals surface area contributed by atoms with Gasteiger partial charge in [-0.15, -0.1) is 0 Å². The molecule has 0 aliphatic rings. The van der Waals surface area contributed by atoms with Gasteiger partial charge in [-0.25, -0.2) is 0 Å². The Labute approximate surface area is 90.6 Å². The molecule has 0 atom stereocenters. The lowest BCUT2D eigenvalue weighted by Crippen LogP contribution is -2.04. The number of methoxy groups -OCH3 is 1. The van der Waals surface area contributed by atoms with E-state index >= 15 is 0 Å². The monoisotopic (exact) mass is 225 g/mol. The van der Waals surface area contributed by atoms with E-state index in [0.717, 1.165) is 0 Å². The van der Waals surface area contributed by atoms with Crippen LogP contribution in [0, 0.1) is 0 Å². The van der Waals surface area contributed by atoms with Gasteiger partial charge in [-0.05, 0) is 28.6 Å². The third-order valence-electron chi connectivity index (χ3n) is 1.86. The molecule has 0 unspecified atom stereocenters. The summed E-state index contributed by atoms with van der Waals surface area (Å²) in [7, 11) is 1.55. The maximum Gasteiger partial charge on any atom is 0.245 e. The van der Waals surface area contributed by atoms with Gasteiger partial charge in [-0.1, -0.05) is 16.7 Å². The molecule has 1 aromatic heterocycles. The van der Waals surface area contributed by atoms with Crippen LogP contribution in [0.1, 0.15) is 0 Å². The van der Waals surface area contributed by atoms with Gasteiger partial charge in [-0.2, -0.15) is 4.68 Å². The number of halogens is 1. The highest BCUT2D eigenvalue weighted by Crippen LogP contribution is 2.26.